The molecule has 0 N–H and O–H groups in total. The van der Waals surface area contributed by atoms with Crippen molar-refractivity contribution in [3.05, 3.63) is 0 Å². The topological polar surface area (TPSA) is 37.1 Å². The normalized spacial score (nSPS) is 37.3. The third-order valence-electron chi connectivity index (χ3n) is 2.17. The monoisotopic (exact) mass is 395 g/mol. The van der Waals surface area contributed by atoms with Crippen molar-refractivity contribution in [2.75, 3.05) is 25.6 Å². The van der Waals surface area contributed by atoms with Crippen molar-refractivity contribution < 1.29 is 30.0 Å². The Bertz CT molecular complexity index is 404. The van der Waals surface area contributed by atoms with Gasteiger partial charge in [-0.2, -0.15) is 0 Å². The molecule has 0 aromatic rings. The Morgan fingerprint density at radius 2 is 2.13 bits per heavy atom. The average Bonchev–Trinajstić information content (AvgIpc) is 2.34. The van der Waals surface area contributed by atoms with E-state index in [0.717, 1.165) is 0 Å². The lowest BCUT2D eigenvalue weighted by atomic mass is 10.4. The van der Waals surface area contributed by atoms with Gasteiger partial charge in [0.25, 0.3) is 4.38 Å². The van der Waals surface area contributed by atoms with Crippen molar-refractivity contribution in [2.45, 2.75) is 8.91 Å². The number of rotatable bonds is 0. The van der Waals surface area contributed by atoms with Crippen molar-refractivity contribution in [1.82, 2.24) is 0 Å². The fourth-order valence-electron chi connectivity index (χ4n) is 1.51. The van der Waals surface area contributed by atoms with Gasteiger partial charge in [-0.25, -0.2) is 13.0 Å². The van der Waals surface area contributed by atoms with Gasteiger partial charge in [0, 0.05) is 0 Å². The Kier molecular flexibility index (Phi) is 4.31. The van der Waals surface area contributed by atoms with Crippen molar-refractivity contribution in [3.63, 3.8) is 0 Å². The summed E-state index contributed by atoms with van der Waals surface area (Å²) in [5, 5.41) is 0.162. The highest BCUT2D eigenvalue weighted by Gasteiger charge is 2.57. The summed E-state index contributed by atoms with van der Waals surface area (Å²) in [6.45, 7) is 0. The zero-order chi connectivity index (χ0) is 10.6. The molecule has 0 aromatic carbocycles. The van der Waals surface area contributed by atoms with E-state index in [-0.39, 0.29) is 31.6 Å². The Morgan fingerprint density at radius 1 is 1.53 bits per heavy atom. The van der Waals surface area contributed by atoms with Gasteiger partial charge < -0.3 is 17.0 Å². The van der Waals surface area contributed by atoms with Gasteiger partial charge in [0.05, 0.1) is 16.8 Å². The molecule has 2 fully saturated rings. The summed E-state index contributed by atoms with van der Waals surface area (Å²) < 4.78 is 25.9. The zero-order valence-electron chi connectivity index (χ0n) is 8.24. The van der Waals surface area contributed by atoms with Gasteiger partial charge in [0.15, 0.2) is 9.84 Å². The zero-order valence-corrected chi connectivity index (χ0v) is 13.9. The van der Waals surface area contributed by atoms with Crippen LogP contribution in [0.3, 0.4) is 0 Å². The lowest BCUT2D eigenvalue weighted by Crippen LogP contribution is -3.00. The molecule has 0 amide bonds. The van der Waals surface area contributed by atoms with E-state index in [9.17, 15) is 8.42 Å². The molecule has 2 aliphatic rings. The van der Waals surface area contributed by atoms with E-state index in [4.69, 9.17) is 0 Å². The van der Waals surface area contributed by atoms with Gasteiger partial charge in [-0.05, 0) is 23.5 Å². The Morgan fingerprint density at radius 3 is 2.60 bits per heavy atom. The highest BCUT2D eigenvalue weighted by Crippen LogP contribution is 2.56. The van der Waals surface area contributed by atoms with Crippen LogP contribution in [-0.4, -0.2) is 51.9 Å². The minimum absolute atomic E-state index is 0. The van der Waals surface area contributed by atoms with Crippen LogP contribution in [-0.2, 0) is 9.84 Å². The summed E-state index contributed by atoms with van der Waals surface area (Å²) in [6.07, 6.45) is 0. The molecule has 0 aliphatic carbocycles. The number of alkyl halides is 1. The van der Waals surface area contributed by atoms with Crippen LogP contribution < -0.4 is 17.0 Å². The summed E-state index contributed by atoms with van der Waals surface area (Å²) in [6, 6.07) is 0. The first-order valence-corrected chi connectivity index (χ1v) is 8.43. The second-order valence-corrected chi connectivity index (χ2v) is 10.5. The molecule has 2 aliphatic heterocycles. The summed E-state index contributed by atoms with van der Waals surface area (Å²) in [5.41, 5.74) is 0. The van der Waals surface area contributed by atoms with Gasteiger partial charge in [-0.15, -0.1) is 0 Å². The van der Waals surface area contributed by atoms with Crippen molar-refractivity contribution >= 4 is 53.7 Å². The standard InChI is InChI=1S/C7H11BrNO2S3.BrH/c1-9(2)6-12-5-3-14(10,11)4-7(5,8)13-6;/h5H,3-4H2,1-2H3;1H/q+1;/p-1/t5?,7-;/m1./s1. The minimum atomic E-state index is -2.83. The summed E-state index contributed by atoms with van der Waals surface area (Å²) >= 11 is 6.88. The maximum absolute atomic E-state index is 11.4. The highest BCUT2D eigenvalue weighted by molar-refractivity contribution is 9.12. The van der Waals surface area contributed by atoms with Gasteiger partial charge >= 0.3 is 0 Å². The van der Waals surface area contributed by atoms with E-state index >= 15 is 0 Å². The number of fused-ring (bicyclic) bond motifs is 1. The molecule has 2 heterocycles. The van der Waals surface area contributed by atoms with Crippen LogP contribution in [0.4, 0.5) is 0 Å². The molecule has 0 saturated carbocycles. The predicted molar refractivity (Wildman–Crippen MR) is 66.4 cm³/mol. The predicted octanol–water partition coefficient (Wildman–Crippen LogP) is -2.01. The Balaban J connectivity index is 0.00000112. The molecule has 1 unspecified atom stereocenters. The number of nitrogens with zero attached hydrogens (tertiary/aromatic N) is 1. The lowest BCUT2D eigenvalue weighted by molar-refractivity contribution is -0.458. The molecular weight excluding hydrogens is 386 g/mol. The van der Waals surface area contributed by atoms with Crippen LogP contribution in [0.25, 0.3) is 0 Å². The fourth-order valence-corrected chi connectivity index (χ4v) is 10.2. The summed E-state index contributed by atoms with van der Waals surface area (Å²) in [7, 11) is 1.14. The second kappa shape index (κ2) is 4.51. The number of thioether (sulfide) groups is 2. The summed E-state index contributed by atoms with van der Waals surface area (Å²) in [5.74, 6) is 0.549. The number of hydrogen-bond acceptors (Lipinski definition) is 4. The lowest BCUT2D eigenvalue weighted by Gasteiger charge is -2.13. The van der Waals surface area contributed by atoms with E-state index < -0.39 is 9.84 Å². The summed E-state index contributed by atoms with van der Waals surface area (Å²) in [4.78, 5) is 0. The molecule has 0 bridgehead atoms. The van der Waals surface area contributed by atoms with Gasteiger partial charge in [-0.3, -0.25) is 0 Å². The molecule has 2 saturated heterocycles. The molecular formula is C7H11Br2NO2S3. The van der Waals surface area contributed by atoms with Crippen LogP contribution in [0.2, 0.25) is 0 Å². The van der Waals surface area contributed by atoms with Crippen LogP contribution in [0, 0.1) is 0 Å². The number of sulfone groups is 1. The van der Waals surface area contributed by atoms with Crippen LogP contribution in [0.5, 0.6) is 0 Å². The Hall–Kier alpha value is 1.28. The number of hydrogen-bond donors (Lipinski definition) is 0. The molecule has 0 aromatic heterocycles. The molecule has 2 atom stereocenters. The molecule has 8 heteroatoms. The molecule has 88 valence electrons. The largest absolute Gasteiger partial charge is 1.00 e. The van der Waals surface area contributed by atoms with E-state index in [0.29, 0.717) is 5.75 Å². The first-order valence-electron chi connectivity index (χ1n) is 4.12. The van der Waals surface area contributed by atoms with Crippen LogP contribution in [0.1, 0.15) is 0 Å². The van der Waals surface area contributed by atoms with Gasteiger partial charge in [-0.1, -0.05) is 15.9 Å². The third-order valence-corrected chi connectivity index (χ3v) is 9.71. The number of halogens is 2. The van der Waals surface area contributed by atoms with Crippen molar-refractivity contribution in [1.29, 1.82) is 0 Å². The maximum atomic E-state index is 11.4. The van der Waals surface area contributed by atoms with E-state index in [1.807, 2.05) is 18.7 Å². The van der Waals surface area contributed by atoms with Crippen LogP contribution >= 0.6 is 39.5 Å². The van der Waals surface area contributed by atoms with Crippen molar-refractivity contribution in [3.8, 4) is 0 Å². The van der Waals surface area contributed by atoms with E-state index in [2.05, 4.69) is 15.9 Å². The third kappa shape index (κ3) is 2.75. The van der Waals surface area contributed by atoms with Gasteiger partial charge in [0.1, 0.15) is 17.8 Å². The molecule has 15 heavy (non-hydrogen) atoms. The Labute approximate surface area is 117 Å². The minimum Gasteiger partial charge on any atom is -1.00 e. The molecule has 0 radical (unpaired) electrons. The first kappa shape index (κ1) is 14.3. The van der Waals surface area contributed by atoms with E-state index in [1.165, 1.54) is 4.38 Å². The smallest absolute Gasteiger partial charge is 0.271 e. The highest BCUT2D eigenvalue weighted by atomic mass is 79.9. The SMILES string of the molecule is C[N+](C)=C1SC2CS(=O)(=O)C[C@@]2(Br)S1.[Br-]. The van der Waals surface area contributed by atoms with Crippen LogP contribution in [0.15, 0.2) is 0 Å². The van der Waals surface area contributed by atoms with Crippen molar-refractivity contribution in [2.24, 2.45) is 0 Å². The quantitative estimate of drug-likeness (QED) is 0.350. The second-order valence-electron chi connectivity index (χ2n) is 3.71. The molecule has 3 nitrogen and oxygen atoms in total. The maximum Gasteiger partial charge on any atom is 0.271 e. The average molecular weight is 397 g/mol. The molecule has 2 rings (SSSR count). The molecule has 0 spiro atoms. The fraction of sp³-hybridized carbons (Fsp3) is 0.857. The van der Waals surface area contributed by atoms with Gasteiger partial charge in [0.2, 0.25) is 0 Å². The first-order chi connectivity index (χ1) is 6.32. The van der Waals surface area contributed by atoms with E-state index in [1.54, 1.807) is 23.5 Å².